The van der Waals surface area contributed by atoms with E-state index in [-0.39, 0.29) is 0 Å². The summed E-state index contributed by atoms with van der Waals surface area (Å²) in [5.41, 5.74) is 0. The molecular formula is C6H11O6Se. The Morgan fingerprint density at radius 3 is 2.23 bits per heavy atom. The zero-order valence-electron chi connectivity index (χ0n) is 6.57. The van der Waals surface area contributed by atoms with Gasteiger partial charge in [0.25, 0.3) is 0 Å². The Labute approximate surface area is 82.6 Å². The van der Waals surface area contributed by atoms with Gasteiger partial charge in [0.15, 0.2) is 0 Å². The van der Waals surface area contributed by atoms with Crippen molar-refractivity contribution in [3.63, 3.8) is 0 Å². The van der Waals surface area contributed by atoms with Crippen LogP contribution in [-0.2, 0) is 4.74 Å². The van der Waals surface area contributed by atoms with Gasteiger partial charge in [-0.05, 0) is 0 Å². The molecule has 1 unspecified atom stereocenters. The van der Waals surface area contributed by atoms with E-state index in [2.05, 4.69) is 16.0 Å². The molecule has 0 aromatic rings. The van der Waals surface area contributed by atoms with E-state index in [9.17, 15) is 20.4 Å². The molecule has 77 valence electrons. The van der Waals surface area contributed by atoms with Gasteiger partial charge in [-0.2, -0.15) is 0 Å². The second-order valence-electron chi connectivity index (χ2n) is 2.90. The van der Waals surface area contributed by atoms with E-state index in [0.717, 1.165) is 0 Å². The first-order valence-electron chi connectivity index (χ1n) is 3.66. The number of aliphatic hydroxyl groups excluding tert-OH is 4. The summed E-state index contributed by atoms with van der Waals surface area (Å²) in [5, 5.41) is 45.6. The topological polar surface area (TPSA) is 110 Å². The van der Waals surface area contributed by atoms with Crippen molar-refractivity contribution in [2.75, 3.05) is 6.61 Å². The van der Waals surface area contributed by atoms with Crippen molar-refractivity contribution in [2.24, 2.45) is 0 Å². The molecule has 0 bridgehead atoms. The maximum atomic E-state index is 9.32. The molecule has 1 aliphatic rings. The van der Waals surface area contributed by atoms with E-state index in [1.807, 2.05) is 0 Å². The average molecular weight is 258 g/mol. The van der Waals surface area contributed by atoms with Gasteiger partial charge in [-0.1, -0.05) is 0 Å². The Bertz CT molecular complexity index is 184. The van der Waals surface area contributed by atoms with Crippen LogP contribution in [0.25, 0.3) is 0 Å². The number of aliphatic hydroxyl groups is 5. The molecule has 0 saturated carbocycles. The van der Waals surface area contributed by atoms with Crippen LogP contribution >= 0.6 is 0 Å². The summed E-state index contributed by atoms with van der Waals surface area (Å²) in [6, 6.07) is 0. The second-order valence-corrected chi connectivity index (χ2v) is 4.12. The first-order valence-corrected chi connectivity index (χ1v) is 4.51. The van der Waals surface area contributed by atoms with Crippen LogP contribution in [0.3, 0.4) is 0 Å². The minimum atomic E-state index is -2.08. The molecule has 1 radical (unpaired) electrons. The fraction of sp³-hybridized carbons (Fsp3) is 1.00. The van der Waals surface area contributed by atoms with Crippen LogP contribution in [0, 0.1) is 0 Å². The van der Waals surface area contributed by atoms with Crippen LogP contribution in [0.1, 0.15) is 0 Å². The molecule has 6 nitrogen and oxygen atoms in total. The average Bonchev–Trinajstić information content (AvgIpc) is 2.08. The van der Waals surface area contributed by atoms with Crippen LogP contribution in [0.15, 0.2) is 0 Å². The zero-order chi connectivity index (χ0) is 10.2. The molecule has 7 heteroatoms. The van der Waals surface area contributed by atoms with Gasteiger partial charge in [0, 0.05) is 0 Å². The number of hydrogen-bond donors (Lipinski definition) is 5. The first kappa shape index (κ1) is 11.4. The van der Waals surface area contributed by atoms with E-state index in [1.54, 1.807) is 0 Å². The molecule has 0 aromatic heterocycles. The fourth-order valence-corrected chi connectivity index (χ4v) is 1.68. The maximum absolute atomic E-state index is 9.32. The third-order valence-electron chi connectivity index (χ3n) is 1.93. The standard InChI is InChI=1S/C6H11O6Se/c7-1-2-3(8)4(9)5(10)6(11,13)12-2/h2-5,7-11H,1H2/t2-,3-,4+,5-,6?/m1/s1. The van der Waals surface area contributed by atoms with E-state index >= 15 is 0 Å². The molecule has 1 rings (SSSR count). The van der Waals surface area contributed by atoms with Gasteiger partial charge >= 0.3 is 82.0 Å². The third kappa shape index (κ3) is 2.03. The minimum absolute atomic E-state index is 0.561. The first-order chi connectivity index (χ1) is 5.90. The second kappa shape index (κ2) is 3.80. The summed E-state index contributed by atoms with van der Waals surface area (Å²) in [6.07, 6.45) is -5.75. The monoisotopic (exact) mass is 259 g/mol. The molecule has 0 aromatic carbocycles. The van der Waals surface area contributed by atoms with E-state index in [4.69, 9.17) is 9.84 Å². The number of hydrogen-bond acceptors (Lipinski definition) is 6. The quantitative estimate of drug-likeness (QED) is 0.309. The molecule has 5 N–H and O–H groups in total. The summed E-state index contributed by atoms with van der Waals surface area (Å²) in [7, 11) is 0. The summed E-state index contributed by atoms with van der Waals surface area (Å²) >= 11 is 2.12. The summed E-state index contributed by atoms with van der Waals surface area (Å²) < 4.78 is 2.63. The van der Waals surface area contributed by atoms with Crippen LogP contribution in [-0.4, -0.2) is 77.3 Å². The van der Waals surface area contributed by atoms with Crippen molar-refractivity contribution in [1.82, 2.24) is 0 Å². The molecule has 0 amide bonds. The number of rotatable bonds is 1. The van der Waals surface area contributed by atoms with Crippen molar-refractivity contribution in [3.05, 3.63) is 0 Å². The van der Waals surface area contributed by atoms with Crippen molar-refractivity contribution in [1.29, 1.82) is 0 Å². The van der Waals surface area contributed by atoms with Gasteiger partial charge in [-0.15, -0.1) is 0 Å². The van der Waals surface area contributed by atoms with Crippen LogP contribution < -0.4 is 0 Å². The normalized spacial score (nSPS) is 52.2. The van der Waals surface area contributed by atoms with Crippen LogP contribution in [0.5, 0.6) is 0 Å². The molecule has 0 spiro atoms. The predicted octanol–water partition coefficient (Wildman–Crippen LogP) is -3.73. The fourth-order valence-electron chi connectivity index (χ4n) is 1.12. The SMILES string of the molecule is OC[C@H]1OC(O)([Se])[C@H](O)[C@@H](O)[C@@H]1O. The molecule has 1 fully saturated rings. The van der Waals surface area contributed by atoms with Crippen LogP contribution in [0.4, 0.5) is 0 Å². The molecule has 1 saturated heterocycles. The Kier molecular flexibility index (Phi) is 3.32. The van der Waals surface area contributed by atoms with Gasteiger partial charge < -0.3 is 0 Å². The Morgan fingerprint density at radius 2 is 1.77 bits per heavy atom. The third-order valence-corrected chi connectivity index (χ3v) is 2.64. The summed E-state index contributed by atoms with van der Waals surface area (Å²) in [6.45, 7) is -0.561. The predicted molar refractivity (Wildman–Crippen MR) is 40.7 cm³/mol. The van der Waals surface area contributed by atoms with E-state index in [0.29, 0.717) is 0 Å². The van der Waals surface area contributed by atoms with Crippen LogP contribution in [0.2, 0.25) is 0 Å². The van der Waals surface area contributed by atoms with Gasteiger partial charge in [0.05, 0.1) is 0 Å². The van der Waals surface area contributed by atoms with Crippen molar-refractivity contribution in [3.8, 4) is 0 Å². The van der Waals surface area contributed by atoms with Crippen molar-refractivity contribution < 1.29 is 30.3 Å². The molecule has 13 heavy (non-hydrogen) atoms. The molecule has 5 atom stereocenters. The van der Waals surface area contributed by atoms with Gasteiger partial charge in [0.2, 0.25) is 0 Å². The van der Waals surface area contributed by atoms with E-state index < -0.39 is 35.7 Å². The van der Waals surface area contributed by atoms with Gasteiger partial charge in [-0.3, -0.25) is 0 Å². The van der Waals surface area contributed by atoms with Crippen molar-refractivity contribution in [2.45, 2.75) is 29.1 Å². The summed E-state index contributed by atoms with van der Waals surface area (Å²) in [5.74, 6) is 0. The molecular weight excluding hydrogens is 247 g/mol. The Morgan fingerprint density at radius 1 is 1.23 bits per heavy atom. The van der Waals surface area contributed by atoms with Gasteiger partial charge in [-0.25, -0.2) is 0 Å². The van der Waals surface area contributed by atoms with Crippen molar-refractivity contribution >= 4 is 16.0 Å². The number of ether oxygens (including phenoxy) is 1. The summed E-state index contributed by atoms with van der Waals surface area (Å²) in [4.78, 5) is 0. The Hall–Kier alpha value is 0.279. The molecule has 0 aliphatic carbocycles. The molecule has 1 aliphatic heterocycles. The zero-order valence-corrected chi connectivity index (χ0v) is 8.28. The molecule has 1 heterocycles. The Balaban J connectivity index is 2.79. The van der Waals surface area contributed by atoms with Gasteiger partial charge in [0.1, 0.15) is 0 Å². The van der Waals surface area contributed by atoms with E-state index in [1.165, 1.54) is 0 Å².